The Kier molecular flexibility index (Phi) is 2.96. The van der Waals surface area contributed by atoms with Crippen LogP contribution in [-0.4, -0.2) is 10.7 Å². The lowest BCUT2D eigenvalue weighted by Gasteiger charge is -2.01. The third kappa shape index (κ3) is 2.39. The molecule has 1 rings (SSSR count). The number of carbonyl (C=O) groups excluding carboxylic acids is 1. The van der Waals surface area contributed by atoms with Gasteiger partial charge in [0.05, 0.1) is 4.92 Å². The van der Waals surface area contributed by atoms with E-state index in [2.05, 4.69) is 0 Å². The van der Waals surface area contributed by atoms with E-state index in [0.29, 0.717) is 5.56 Å². The lowest BCUT2D eigenvalue weighted by molar-refractivity contribution is -0.385. The summed E-state index contributed by atoms with van der Waals surface area (Å²) in [5.41, 5.74) is 1.33. The number of hydrogen-bond donors (Lipinski definition) is 0. The predicted octanol–water partition coefficient (Wildman–Crippen LogP) is 2.03. The molecule has 0 bridgehead atoms. The van der Waals surface area contributed by atoms with Crippen molar-refractivity contribution in [3.63, 3.8) is 0 Å². The highest BCUT2D eigenvalue weighted by Crippen LogP contribution is 2.20. The van der Waals surface area contributed by atoms with Crippen LogP contribution in [-0.2, 0) is 11.2 Å². The minimum atomic E-state index is -0.453. The summed E-state index contributed by atoms with van der Waals surface area (Å²) >= 11 is 0. The maximum atomic E-state index is 10.9. The zero-order valence-corrected chi connectivity index (χ0v) is 8.11. The van der Waals surface area contributed by atoms with Gasteiger partial charge in [-0.2, -0.15) is 0 Å². The van der Waals surface area contributed by atoms with Crippen molar-refractivity contribution in [3.8, 4) is 0 Å². The number of nitro benzene ring substituents is 1. The Morgan fingerprint density at radius 2 is 2.14 bits per heavy atom. The van der Waals surface area contributed by atoms with Crippen molar-refractivity contribution < 1.29 is 9.72 Å². The number of nitrogens with zero attached hydrogens (tertiary/aromatic N) is 1. The summed E-state index contributed by atoms with van der Waals surface area (Å²) in [7, 11) is 0. The Morgan fingerprint density at radius 1 is 1.50 bits per heavy atom. The van der Waals surface area contributed by atoms with Crippen molar-refractivity contribution in [2.45, 2.75) is 20.3 Å². The summed E-state index contributed by atoms with van der Waals surface area (Å²) in [6.07, 6.45) is 0.122. The highest BCUT2D eigenvalue weighted by atomic mass is 16.6. The third-order valence-electron chi connectivity index (χ3n) is 1.88. The second kappa shape index (κ2) is 4.00. The molecule has 0 amide bonds. The maximum Gasteiger partial charge on any atom is 0.273 e. The molecule has 0 N–H and O–H groups in total. The van der Waals surface area contributed by atoms with Gasteiger partial charge in [0.15, 0.2) is 0 Å². The average Bonchev–Trinajstić information content (AvgIpc) is 2.07. The van der Waals surface area contributed by atoms with Gasteiger partial charge in [0, 0.05) is 18.1 Å². The summed E-state index contributed by atoms with van der Waals surface area (Å²) in [4.78, 5) is 21.0. The molecule has 4 nitrogen and oxygen atoms in total. The molecule has 0 aliphatic rings. The molecule has 0 heterocycles. The summed E-state index contributed by atoms with van der Waals surface area (Å²) in [5.74, 6) is -0.0723. The summed E-state index contributed by atoms with van der Waals surface area (Å²) in [6.45, 7) is 3.20. The Hall–Kier alpha value is -1.71. The topological polar surface area (TPSA) is 60.2 Å². The molecule has 4 heteroatoms. The van der Waals surface area contributed by atoms with Gasteiger partial charge < -0.3 is 0 Å². The molecule has 0 aromatic heterocycles. The van der Waals surface area contributed by atoms with E-state index in [0.717, 1.165) is 5.56 Å². The van der Waals surface area contributed by atoms with Crippen molar-refractivity contribution in [3.05, 3.63) is 39.4 Å². The van der Waals surface area contributed by atoms with Crippen LogP contribution in [0.1, 0.15) is 18.1 Å². The van der Waals surface area contributed by atoms with E-state index in [4.69, 9.17) is 0 Å². The number of hydrogen-bond acceptors (Lipinski definition) is 3. The van der Waals surface area contributed by atoms with E-state index in [1.165, 1.54) is 13.0 Å². The molecule has 0 fully saturated rings. The Bertz CT molecular complexity index is 385. The Balaban J connectivity index is 3.14. The highest BCUT2D eigenvalue weighted by Gasteiger charge is 2.14. The molecule has 74 valence electrons. The summed E-state index contributed by atoms with van der Waals surface area (Å²) in [5, 5.41) is 10.6. The van der Waals surface area contributed by atoms with Gasteiger partial charge in [0.1, 0.15) is 5.78 Å². The lowest BCUT2D eigenvalue weighted by Crippen LogP contribution is -2.01. The second-order valence-electron chi connectivity index (χ2n) is 3.27. The fourth-order valence-electron chi connectivity index (χ4n) is 1.26. The van der Waals surface area contributed by atoms with Crippen LogP contribution in [0.4, 0.5) is 5.69 Å². The van der Waals surface area contributed by atoms with Crippen LogP contribution in [0.25, 0.3) is 0 Å². The number of nitro groups is 1. The first-order valence-corrected chi connectivity index (χ1v) is 4.24. The van der Waals surface area contributed by atoms with Gasteiger partial charge in [-0.3, -0.25) is 14.9 Å². The molecular formula is C10H11NO3. The molecule has 0 atom stereocenters. The van der Waals surface area contributed by atoms with Crippen LogP contribution in [0.15, 0.2) is 18.2 Å². The zero-order chi connectivity index (χ0) is 10.7. The van der Waals surface area contributed by atoms with E-state index >= 15 is 0 Å². The van der Waals surface area contributed by atoms with E-state index in [-0.39, 0.29) is 17.9 Å². The van der Waals surface area contributed by atoms with E-state index in [9.17, 15) is 14.9 Å². The molecule has 0 unspecified atom stereocenters. The lowest BCUT2D eigenvalue weighted by atomic mass is 10.1. The van der Waals surface area contributed by atoms with Crippen LogP contribution in [0.3, 0.4) is 0 Å². The van der Waals surface area contributed by atoms with Crippen LogP contribution < -0.4 is 0 Å². The predicted molar refractivity (Wildman–Crippen MR) is 52.2 cm³/mol. The molecule has 0 spiro atoms. The zero-order valence-electron chi connectivity index (χ0n) is 8.11. The number of benzene rings is 1. The number of Topliss-reactive ketones (excluding diaryl/α,β-unsaturated/α-hetero) is 1. The number of ketones is 1. The van der Waals surface area contributed by atoms with Crippen LogP contribution in [0.5, 0.6) is 0 Å². The monoisotopic (exact) mass is 193 g/mol. The second-order valence-corrected chi connectivity index (χ2v) is 3.27. The highest BCUT2D eigenvalue weighted by molar-refractivity contribution is 5.79. The first kappa shape index (κ1) is 10.4. The van der Waals surface area contributed by atoms with Gasteiger partial charge in [-0.05, 0) is 19.4 Å². The van der Waals surface area contributed by atoms with E-state index in [1.807, 2.05) is 0 Å². The fraction of sp³-hybridized carbons (Fsp3) is 0.300. The molecule has 0 radical (unpaired) electrons. The largest absolute Gasteiger partial charge is 0.300 e. The van der Waals surface area contributed by atoms with Gasteiger partial charge >= 0.3 is 0 Å². The number of carbonyl (C=O) groups is 1. The van der Waals surface area contributed by atoms with Crippen LogP contribution >= 0.6 is 0 Å². The van der Waals surface area contributed by atoms with Gasteiger partial charge in [0.25, 0.3) is 5.69 Å². The normalized spacial score (nSPS) is 9.86. The van der Waals surface area contributed by atoms with Crippen molar-refractivity contribution in [1.82, 2.24) is 0 Å². The summed E-state index contributed by atoms with van der Waals surface area (Å²) < 4.78 is 0. The first-order valence-electron chi connectivity index (χ1n) is 4.24. The standard InChI is InChI=1S/C10H11NO3/c1-7-3-4-9(6-8(2)12)10(5-7)11(13)14/h3-5H,6H2,1-2H3. The maximum absolute atomic E-state index is 10.9. The molecule has 1 aromatic rings. The Morgan fingerprint density at radius 3 is 2.64 bits per heavy atom. The third-order valence-corrected chi connectivity index (χ3v) is 1.88. The van der Waals surface area contributed by atoms with Gasteiger partial charge in [0.2, 0.25) is 0 Å². The number of rotatable bonds is 3. The van der Waals surface area contributed by atoms with Gasteiger partial charge in [-0.1, -0.05) is 12.1 Å². The SMILES string of the molecule is CC(=O)Cc1ccc(C)cc1[N+](=O)[O-]. The van der Waals surface area contributed by atoms with E-state index < -0.39 is 4.92 Å². The van der Waals surface area contributed by atoms with Gasteiger partial charge in [-0.15, -0.1) is 0 Å². The molecular weight excluding hydrogens is 182 g/mol. The molecule has 0 aliphatic heterocycles. The molecule has 0 saturated carbocycles. The van der Waals surface area contributed by atoms with Crippen molar-refractivity contribution in [1.29, 1.82) is 0 Å². The van der Waals surface area contributed by atoms with E-state index in [1.54, 1.807) is 19.1 Å². The van der Waals surface area contributed by atoms with Crippen molar-refractivity contribution >= 4 is 11.5 Å². The molecule has 0 saturated heterocycles. The van der Waals surface area contributed by atoms with Crippen molar-refractivity contribution in [2.75, 3.05) is 0 Å². The molecule has 14 heavy (non-hydrogen) atoms. The smallest absolute Gasteiger partial charge is 0.273 e. The van der Waals surface area contributed by atoms with Crippen LogP contribution in [0, 0.1) is 17.0 Å². The fourth-order valence-corrected chi connectivity index (χ4v) is 1.26. The minimum absolute atomic E-state index is 0.0280. The quantitative estimate of drug-likeness (QED) is 0.545. The minimum Gasteiger partial charge on any atom is -0.300 e. The molecule has 0 aliphatic carbocycles. The average molecular weight is 193 g/mol. The number of aryl methyl sites for hydroxylation is 1. The van der Waals surface area contributed by atoms with Gasteiger partial charge in [-0.25, -0.2) is 0 Å². The van der Waals surface area contributed by atoms with Crippen LogP contribution in [0.2, 0.25) is 0 Å². The first-order chi connectivity index (χ1) is 6.50. The van der Waals surface area contributed by atoms with Crippen molar-refractivity contribution in [2.24, 2.45) is 0 Å². The Labute approximate surface area is 81.7 Å². The summed E-state index contributed by atoms with van der Waals surface area (Å²) in [6, 6.07) is 4.89. The molecule has 1 aromatic carbocycles.